The fourth-order valence-corrected chi connectivity index (χ4v) is 1.62. The number of quaternary nitrogens is 1. The van der Waals surface area contributed by atoms with Crippen LogP contribution >= 0.6 is 0 Å². The van der Waals surface area contributed by atoms with Crippen molar-refractivity contribution < 1.29 is 9.69 Å². The van der Waals surface area contributed by atoms with Crippen molar-refractivity contribution in [1.82, 2.24) is 5.43 Å². The molecule has 0 aromatic carbocycles. The van der Waals surface area contributed by atoms with E-state index in [1.807, 2.05) is 0 Å². The molecule has 1 heterocycles. The first-order chi connectivity index (χ1) is 5.24. The van der Waals surface area contributed by atoms with Crippen LogP contribution in [-0.4, -0.2) is 26.0 Å². The molecule has 1 unspecified atom stereocenters. The number of nitrogens with one attached hydrogen (secondary N) is 2. The fraction of sp³-hybridized carbons (Fsp3) is 0.857. The Labute approximate surface area is 66.7 Å². The van der Waals surface area contributed by atoms with Gasteiger partial charge in [0.15, 0.2) is 0 Å². The second kappa shape index (κ2) is 3.69. The molecule has 1 aliphatic rings. The molecule has 0 spiro atoms. The molecular weight excluding hydrogens is 142 g/mol. The van der Waals surface area contributed by atoms with Crippen molar-refractivity contribution in [2.24, 2.45) is 11.8 Å². The maximum atomic E-state index is 11.1. The fourth-order valence-electron chi connectivity index (χ4n) is 1.62. The summed E-state index contributed by atoms with van der Waals surface area (Å²) in [5.41, 5.74) is 2.20. The molecule has 1 aliphatic heterocycles. The van der Waals surface area contributed by atoms with Crippen LogP contribution in [0.5, 0.6) is 0 Å². The van der Waals surface area contributed by atoms with Crippen LogP contribution in [0.4, 0.5) is 0 Å². The number of likely N-dealkylation sites (tertiary alicyclic amines) is 1. The lowest BCUT2D eigenvalue weighted by Gasteiger charge is -2.25. The Morgan fingerprint density at radius 3 is 3.00 bits per heavy atom. The van der Waals surface area contributed by atoms with E-state index in [0.717, 1.165) is 19.4 Å². The van der Waals surface area contributed by atoms with Crippen LogP contribution in [0.2, 0.25) is 0 Å². The first-order valence-electron chi connectivity index (χ1n) is 4.06. The molecular formula is C7H16N3O+. The van der Waals surface area contributed by atoms with Crippen LogP contribution in [0.3, 0.4) is 0 Å². The molecule has 4 N–H and O–H groups in total. The monoisotopic (exact) mass is 158 g/mol. The minimum absolute atomic E-state index is 0.0101. The Morgan fingerprint density at radius 2 is 2.45 bits per heavy atom. The average Bonchev–Trinajstić information content (AvgIpc) is 2.03. The summed E-state index contributed by atoms with van der Waals surface area (Å²) in [6.07, 6.45) is 2.12. The number of piperidine rings is 1. The number of hydrogen-bond acceptors (Lipinski definition) is 2. The molecule has 0 saturated carbocycles. The zero-order valence-electron chi connectivity index (χ0n) is 6.89. The molecule has 0 bridgehead atoms. The third-order valence-electron chi connectivity index (χ3n) is 2.26. The highest BCUT2D eigenvalue weighted by Crippen LogP contribution is 2.05. The molecule has 2 atom stereocenters. The van der Waals surface area contributed by atoms with Gasteiger partial charge in [-0.05, 0) is 12.8 Å². The van der Waals surface area contributed by atoms with Crippen molar-refractivity contribution >= 4 is 5.91 Å². The Bertz CT molecular complexity index is 149. The Hall–Kier alpha value is -0.610. The maximum Gasteiger partial charge on any atom is 0.242 e. The van der Waals surface area contributed by atoms with E-state index < -0.39 is 0 Å². The van der Waals surface area contributed by atoms with E-state index in [1.54, 1.807) is 0 Å². The average molecular weight is 158 g/mol. The Balaban J connectivity index is 2.39. The predicted octanol–water partition coefficient (Wildman–Crippen LogP) is -2.10. The summed E-state index contributed by atoms with van der Waals surface area (Å²) in [5.74, 6) is 5.16. The van der Waals surface area contributed by atoms with E-state index in [4.69, 9.17) is 5.84 Å². The van der Waals surface area contributed by atoms with Crippen LogP contribution < -0.4 is 16.2 Å². The van der Waals surface area contributed by atoms with E-state index in [9.17, 15) is 4.79 Å². The van der Waals surface area contributed by atoms with Gasteiger partial charge < -0.3 is 4.90 Å². The highest BCUT2D eigenvalue weighted by atomic mass is 16.2. The van der Waals surface area contributed by atoms with Gasteiger partial charge in [-0.3, -0.25) is 10.2 Å². The van der Waals surface area contributed by atoms with Crippen molar-refractivity contribution in [3.8, 4) is 0 Å². The summed E-state index contributed by atoms with van der Waals surface area (Å²) >= 11 is 0. The van der Waals surface area contributed by atoms with Gasteiger partial charge in [0.2, 0.25) is 5.91 Å². The second-order valence-electron chi connectivity index (χ2n) is 3.26. The Morgan fingerprint density at radius 1 is 1.73 bits per heavy atom. The molecule has 4 nitrogen and oxygen atoms in total. The molecule has 0 aliphatic carbocycles. The number of carbonyl (C=O) groups is 1. The summed E-state index contributed by atoms with van der Waals surface area (Å²) in [5, 5.41) is 0. The molecule has 1 saturated heterocycles. The van der Waals surface area contributed by atoms with Gasteiger partial charge >= 0.3 is 0 Å². The topological polar surface area (TPSA) is 59.6 Å². The van der Waals surface area contributed by atoms with Gasteiger partial charge in [0.05, 0.1) is 26.1 Å². The van der Waals surface area contributed by atoms with Gasteiger partial charge in [-0.1, -0.05) is 0 Å². The highest BCUT2D eigenvalue weighted by Gasteiger charge is 2.25. The lowest BCUT2D eigenvalue weighted by Crippen LogP contribution is -3.10. The molecule has 1 amide bonds. The van der Waals surface area contributed by atoms with E-state index in [2.05, 4.69) is 12.5 Å². The zero-order valence-corrected chi connectivity index (χ0v) is 6.89. The number of hydrazine groups is 1. The van der Waals surface area contributed by atoms with E-state index in [1.165, 1.54) is 11.4 Å². The van der Waals surface area contributed by atoms with Gasteiger partial charge in [-0.15, -0.1) is 0 Å². The van der Waals surface area contributed by atoms with Crippen molar-refractivity contribution in [2.75, 3.05) is 20.1 Å². The summed E-state index contributed by atoms with van der Waals surface area (Å²) in [6, 6.07) is 0. The number of amides is 1. The molecule has 64 valence electrons. The third kappa shape index (κ3) is 2.17. The van der Waals surface area contributed by atoms with Crippen LogP contribution in [0.25, 0.3) is 0 Å². The number of hydrogen-bond donors (Lipinski definition) is 3. The lowest BCUT2D eigenvalue weighted by molar-refractivity contribution is -0.887. The van der Waals surface area contributed by atoms with Gasteiger partial charge in [-0.2, -0.15) is 0 Å². The Kier molecular flexibility index (Phi) is 2.84. The van der Waals surface area contributed by atoms with Gasteiger partial charge in [0.25, 0.3) is 0 Å². The molecule has 11 heavy (non-hydrogen) atoms. The molecule has 0 aromatic heterocycles. The van der Waals surface area contributed by atoms with Crippen LogP contribution in [0.1, 0.15) is 12.8 Å². The second-order valence-corrected chi connectivity index (χ2v) is 3.26. The summed E-state index contributed by atoms with van der Waals surface area (Å²) in [7, 11) is 2.11. The quantitative estimate of drug-likeness (QED) is 0.233. The minimum atomic E-state index is -0.0101. The molecule has 0 aromatic rings. The van der Waals surface area contributed by atoms with Crippen LogP contribution in [0.15, 0.2) is 0 Å². The van der Waals surface area contributed by atoms with Crippen LogP contribution in [0, 0.1) is 5.92 Å². The smallest absolute Gasteiger partial charge is 0.242 e. The number of carbonyl (C=O) groups excluding carboxylic acids is 1. The van der Waals surface area contributed by atoms with Gasteiger partial charge in [-0.25, -0.2) is 5.84 Å². The molecule has 1 fully saturated rings. The highest BCUT2D eigenvalue weighted by molar-refractivity contribution is 5.78. The SMILES string of the molecule is C[NH+]1CCC[C@H](C(=O)NN)C1. The summed E-state index contributed by atoms with van der Waals surface area (Å²) < 4.78 is 0. The van der Waals surface area contributed by atoms with Gasteiger partial charge in [0.1, 0.15) is 0 Å². The molecule has 4 heteroatoms. The normalized spacial score (nSPS) is 31.5. The van der Waals surface area contributed by atoms with Crippen molar-refractivity contribution in [3.63, 3.8) is 0 Å². The summed E-state index contributed by atoms with van der Waals surface area (Å²) in [4.78, 5) is 12.5. The predicted molar refractivity (Wildman–Crippen MR) is 41.7 cm³/mol. The maximum absolute atomic E-state index is 11.1. The zero-order chi connectivity index (χ0) is 8.27. The van der Waals surface area contributed by atoms with E-state index in [0.29, 0.717) is 0 Å². The standard InChI is InChI=1S/C7H15N3O/c1-10-4-2-3-6(5-10)7(11)9-8/h6H,2-5,8H2,1H3,(H,9,11)/p+1/t6-/m0/s1. The number of rotatable bonds is 1. The van der Waals surface area contributed by atoms with E-state index in [-0.39, 0.29) is 11.8 Å². The lowest BCUT2D eigenvalue weighted by atomic mass is 9.98. The molecule has 1 rings (SSSR count). The number of nitrogens with two attached hydrogens (primary N) is 1. The minimum Gasteiger partial charge on any atom is -0.337 e. The van der Waals surface area contributed by atoms with Crippen LogP contribution in [-0.2, 0) is 4.79 Å². The van der Waals surface area contributed by atoms with Crippen molar-refractivity contribution in [1.29, 1.82) is 0 Å². The first kappa shape index (κ1) is 8.49. The third-order valence-corrected chi connectivity index (χ3v) is 2.26. The van der Waals surface area contributed by atoms with E-state index >= 15 is 0 Å². The molecule has 0 radical (unpaired) electrons. The van der Waals surface area contributed by atoms with Gasteiger partial charge in [0, 0.05) is 0 Å². The van der Waals surface area contributed by atoms with Crippen molar-refractivity contribution in [3.05, 3.63) is 0 Å². The van der Waals surface area contributed by atoms with Crippen molar-refractivity contribution in [2.45, 2.75) is 12.8 Å². The first-order valence-corrected chi connectivity index (χ1v) is 4.06. The largest absolute Gasteiger partial charge is 0.337 e. The summed E-state index contributed by atoms with van der Waals surface area (Å²) in [6.45, 7) is 2.09.